The fraction of sp³-hybridized carbons (Fsp3) is 0.769. The Morgan fingerprint density at radius 2 is 1.87 bits per heavy atom. The van der Waals surface area contributed by atoms with E-state index in [1.807, 2.05) is 11.3 Å². The zero-order chi connectivity index (χ0) is 11.6. The minimum absolute atomic E-state index is 0.424. The van der Waals surface area contributed by atoms with E-state index >= 15 is 0 Å². The second-order valence-electron chi connectivity index (χ2n) is 5.55. The van der Waals surface area contributed by atoms with Crippen LogP contribution in [0, 0.1) is 25.2 Å². The molecule has 0 aromatic carbocycles. The second kappa shape index (κ2) is 4.65. The van der Waals surface area contributed by atoms with E-state index in [0.29, 0.717) is 5.41 Å². The Labute approximate surface area is 97.9 Å². The third kappa shape index (κ3) is 3.60. The molecule has 0 saturated heterocycles. The fourth-order valence-corrected chi connectivity index (χ4v) is 2.54. The van der Waals surface area contributed by atoms with E-state index in [1.54, 1.807) is 0 Å². The maximum atomic E-state index is 4.47. The van der Waals surface area contributed by atoms with Crippen molar-refractivity contribution in [3.05, 3.63) is 15.6 Å². The predicted molar refractivity (Wildman–Crippen MR) is 68.5 cm³/mol. The molecule has 0 saturated carbocycles. The van der Waals surface area contributed by atoms with Crippen LogP contribution in [0.1, 0.15) is 49.7 Å². The molecule has 1 atom stereocenters. The van der Waals surface area contributed by atoms with Crippen molar-refractivity contribution in [2.75, 3.05) is 0 Å². The summed E-state index contributed by atoms with van der Waals surface area (Å²) in [4.78, 5) is 5.95. The van der Waals surface area contributed by atoms with Gasteiger partial charge in [0.1, 0.15) is 0 Å². The van der Waals surface area contributed by atoms with Gasteiger partial charge in [-0.1, -0.05) is 27.7 Å². The Morgan fingerprint density at radius 3 is 2.27 bits per heavy atom. The summed E-state index contributed by atoms with van der Waals surface area (Å²) in [6, 6.07) is 0. The van der Waals surface area contributed by atoms with Crippen molar-refractivity contribution in [3.8, 4) is 0 Å². The molecule has 1 heterocycles. The Balaban J connectivity index is 2.54. The first kappa shape index (κ1) is 12.7. The summed E-state index contributed by atoms with van der Waals surface area (Å²) in [7, 11) is 0. The van der Waals surface area contributed by atoms with Crippen LogP contribution in [0.25, 0.3) is 0 Å². The molecule has 0 bridgehead atoms. The van der Waals surface area contributed by atoms with Crippen LogP contribution in [-0.4, -0.2) is 4.98 Å². The average molecular weight is 225 g/mol. The quantitative estimate of drug-likeness (QED) is 0.744. The molecule has 86 valence electrons. The molecule has 0 radical (unpaired) electrons. The molecule has 1 aromatic heterocycles. The van der Waals surface area contributed by atoms with Gasteiger partial charge in [-0.25, -0.2) is 4.98 Å². The molecule has 0 fully saturated rings. The number of hydrogen-bond acceptors (Lipinski definition) is 2. The molecule has 0 spiro atoms. The van der Waals surface area contributed by atoms with E-state index in [4.69, 9.17) is 0 Å². The van der Waals surface area contributed by atoms with Crippen molar-refractivity contribution in [1.29, 1.82) is 0 Å². The molecule has 2 heteroatoms. The predicted octanol–water partition coefficient (Wildman–Crippen LogP) is 4.37. The van der Waals surface area contributed by atoms with E-state index in [2.05, 4.69) is 46.5 Å². The van der Waals surface area contributed by atoms with Gasteiger partial charge in [0, 0.05) is 4.88 Å². The van der Waals surface area contributed by atoms with Crippen LogP contribution in [0.4, 0.5) is 0 Å². The van der Waals surface area contributed by atoms with Gasteiger partial charge in [-0.2, -0.15) is 0 Å². The zero-order valence-electron chi connectivity index (χ0n) is 10.8. The topological polar surface area (TPSA) is 12.9 Å². The SMILES string of the molecule is Cc1nc(C)c(CCC(C)C(C)(C)C)s1. The molecule has 0 aliphatic carbocycles. The van der Waals surface area contributed by atoms with Gasteiger partial charge >= 0.3 is 0 Å². The number of thiazole rings is 1. The number of rotatable bonds is 3. The minimum Gasteiger partial charge on any atom is -0.247 e. The molecular formula is C13H23NS. The highest BCUT2D eigenvalue weighted by Gasteiger charge is 2.20. The highest BCUT2D eigenvalue weighted by molar-refractivity contribution is 7.11. The lowest BCUT2D eigenvalue weighted by Crippen LogP contribution is -2.17. The largest absolute Gasteiger partial charge is 0.247 e. The van der Waals surface area contributed by atoms with Crippen LogP contribution in [0.3, 0.4) is 0 Å². The van der Waals surface area contributed by atoms with E-state index in [-0.39, 0.29) is 0 Å². The summed E-state index contributed by atoms with van der Waals surface area (Å²) < 4.78 is 0. The number of hydrogen-bond donors (Lipinski definition) is 0. The summed E-state index contributed by atoms with van der Waals surface area (Å²) in [5.74, 6) is 0.763. The smallest absolute Gasteiger partial charge is 0.0900 e. The minimum atomic E-state index is 0.424. The van der Waals surface area contributed by atoms with E-state index in [9.17, 15) is 0 Å². The van der Waals surface area contributed by atoms with Crippen molar-refractivity contribution >= 4 is 11.3 Å². The standard InChI is InChI=1S/C13H23NS/c1-9(13(4,5)6)7-8-12-10(2)14-11(3)15-12/h9H,7-8H2,1-6H3. The molecule has 1 unspecified atom stereocenters. The summed E-state index contributed by atoms with van der Waals surface area (Å²) in [6.07, 6.45) is 2.46. The highest BCUT2D eigenvalue weighted by atomic mass is 32.1. The number of aromatic nitrogens is 1. The average Bonchev–Trinajstić information content (AvgIpc) is 2.39. The monoisotopic (exact) mass is 225 g/mol. The third-order valence-corrected chi connectivity index (χ3v) is 4.42. The molecule has 1 rings (SSSR count). The summed E-state index contributed by atoms with van der Waals surface area (Å²) in [6.45, 7) is 13.5. The van der Waals surface area contributed by atoms with Crippen LogP contribution in [-0.2, 0) is 6.42 Å². The maximum Gasteiger partial charge on any atom is 0.0900 e. The van der Waals surface area contributed by atoms with Gasteiger partial charge in [0.2, 0.25) is 0 Å². The molecular weight excluding hydrogens is 202 g/mol. The van der Waals surface area contributed by atoms with Gasteiger partial charge in [0.05, 0.1) is 10.7 Å². The summed E-state index contributed by atoms with van der Waals surface area (Å²) >= 11 is 1.86. The van der Waals surface area contributed by atoms with Crippen molar-refractivity contribution in [2.24, 2.45) is 11.3 Å². The first-order valence-corrected chi connectivity index (χ1v) is 6.55. The molecule has 1 nitrogen and oxygen atoms in total. The van der Waals surface area contributed by atoms with E-state index < -0.39 is 0 Å². The van der Waals surface area contributed by atoms with Crippen molar-refractivity contribution in [2.45, 2.75) is 54.4 Å². The van der Waals surface area contributed by atoms with Gasteiger partial charge in [-0.3, -0.25) is 0 Å². The molecule has 0 aliphatic rings. The normalized spacial score (nSPS) is 14.3. The Hall–Kier alpha value is -0.370. The maximum absolute atomic E-state index is 4.47. The van der Waals surface area contributed by atoms with Crippen LogP contribution >= 0.6 is 11.3 Å². The molecule has 0 aliphatic heterocycles. The number of aryl methyl sites for hydroxylation is 3. The molecule has 0 N–H and O–H groups in total. The van der Waals surface area contributed by atoms with E-state index in [1.165, 1.54) is 28.4 Å². The summed E-state index contributed by atoms with van der Waals surface area (Å²) in [5, 5.41) is 1.20. The van der Waals surface area contributed by atoms with E-state index in [0.717, 1.165) is 5.92 Å². The first-order chi connectivity index (χ1) is 6.80. The van der Waals surface area contributed by atoms with Crippen molar-refractivity contribution in [3.63, 3.8) is 0 Å². The van der Waals surface area contributed by atoms with Gasteiger partial charge in [0.15, 0.2) is 0 Å². The molecule has 0 amide bonds. The second-order valence-corrected chi connectivity index (χ2v) is 6.83. The van der Waals surface area contributed by atoms with Crippen molar-refractivity contribution in [1.82, 2.24) is 4.98 Å². The van der Waals surface area contributed by atoms with Gasteiger partial charge < -0.3 is 0 Å². The number of nitrogens with zero attached hydrogens (tertiary/aromatic N) is 1. The van der Waals surface area contributed by atoms with Gasteiger partial charge in [-0.15, -0.1) is 11.3 Å². The fourth-order valence-electron chi connectivity index (χ4n) is 1.59. The Bertz CT molecular complexity index is 320. The van der Waals surface area contributed by atoms with Crippen LogP contribution < -0.4 is 0 Å². The molecule has 1 aromatic rings. The summed E-state index contributed by atoms with van der Waals surface area (Å²) in [5.41, 5.74) is 1.66. The van der Waals surface area contributed by atoms with Crippen LogP contribution in [0.2, 0.25) is 0 Å². The van der Waals surface area contributed by atoms with Crippen LogP contribution in [0.5, 0.6) is 0 Å². The lowest BCUT2D eigenvalue weighted by molar-refractivity contribution is 0.247. The van der Waals surface area contributed by atoms with Gasteiger partial charge in [-0.05, 0) is 38.0 Å². The third-order valence-electron chi connectivity index (χ3n) is 3.28. The highest BCUT2D eigenvalue weighted by Crippen LogP contribution is 2.30. The van der Waals surface area contributed by atoms with Crippen molar-refractivity contribution < 1.29 is 0 Å². The van der Waals surface area contributed by atoms with Gasteiger partial charge in [0.25, 0.3) is 0 Å². The first-order valence-electron chi connectivity index (χ1n) is 5.73. The lowest BCUT2D eigenvalue weighted by Gasteiger charge is -2.27. The zero-order valence-corrected chi connectivity index (χ0v) is 11.7. The molecule has 15 heavy (non-hydrogen) atoms. The van der Waals surface area contributed by atoms with Crippen LogP contribution in [0.15, 0.2) is 0 Å². The lowest BCUT2D eigenvalue weighted by atomic mass is 9.79. The Morgan fingerprint density at radius 1 is 1.27 bits per heavy atom. The Kier molecular flexibility index (Phi) is 3.93.